The van der Waals surface area contributed by atoms with E-state index in [4.69, 9.17) is 0 Å². The third-order valence-electron chi connectivity index (χ3n) is 4.55. The largest absolute Gasteiger partial charge is 0.310 e. The molecule has 1 fully saturated rings. The van der Waals surface area contributed by atoms with Gasteiger partial charge in [-0.25, -0.2) is 0 Å². The van der Waals surface area contributed by atoms with Gasteiger partial charge in [0.05, 0.1) is 0 Å². The molecule has 1 aliphatic heterocycles. The maximum atomic E-state index is 3.94. The van der Waals surface area contributed by atoms with Crippen LogP contribution < -0.4 is 5.32 Å². The fraction of sp³-hybridized carbons (Fsp3) is 0.529. The Morgan fingerprint density at radius 2 is 2.00 bits per heavy atom. The molecule has 0 amide bonds. The van der Waals surface area contributed by atoms with Crippen LogP contribution in [0.1, 0.15) is 44.4 Å². The van der Waals surface area contributed by atoms with E-state index in [1.165, 1.54) is 17.5 Å². The van der Waals surface area contributed by atoms with Crippen molar-refractivity contribution in [2.24, 2.45) is 17.8 Å². The van der Waals surface area contributed by atoms with Crippen LogP contribution in [0.4, 0.5) is 0 Å². The van der Waals surface area contributed by atoms with Gasteiger partial charge in [-0.05, 0) is 41.8 Å². The van der Waals surface area contributed by atoms with Crippen molar-refractivity contribution >= 4 is 6.08 Å². The lowest BCUT2D eigenvalue weighted by Gasteiger charge is -2.29. The molecule has 1 aromatic carbocycles. The Balaban J connectivity index is 2.28. The van der Waals surface area contributed by atoms with Crippen LogP contribution in [0.25, 0.3) is 6.08 Å². The Kier molecular flexibility index (Phi) is 4.23. The summed E-state index contributed by atoms with van der Waals surface area (Å²) in [4.78, 5) is 0. The normalized spacial score (nSPS) is 25.3. The first kappa shape index (κ1) is 13.4. The minimum absolute atomic E-state index is 0.497. The van der Waals surface area contributed by atoms with Crippen LogP contribution in [0.15, 0.2) is 30.8 Å². The van der Waals surface area contributed by atoms with Gasteiger partial charge >= 0.3 is 0 Å². The Hall–Kier alpha value is -1.08. The third-order valence-corrected chi connectivity index (χ3v) is 4.55. The van der Waals surface area contributed by atoms with E-state index in [9.17, 15) is 0 Å². The van der Waals surface area contributed by atoms with Crippen LogP contribution in [0.5, 0.6) is 0 Å². The molecular formula is C17H25N. The second kappa shape index (κ2) is 5.71. The van der Waals surface area contributed by atoms with Crippen LogP contribution in [0.3, 0.4) is 0 Å². The highest BCUT2D eigenvalue weighted by molar-refractivity contribution is 5.53. The van der Waals surface area contributed by atoms with Crippen molar-refractivity contribution in [2.45, 2.75) is 33.2 Å². The first-order valence-electron chi connectivity index (χ1n) is 7.10. The van der Waals surface area contributed by atoms with Gasteiger partial charge in [0, 0.05) is 6.04 Å². The van der Waals surface area contributed by atoms with E-state index in [2.05, 4.69) is 56.9 Å². The Labute approximate surface area is 111 Å². The maximum Gasteiger partial charge on any atom is 0.0357 e. The van der Waals surface area contributed by atoms with E-state index < -0.39 is 0 Å². The van der Waals surface area contributed by atoms with Crippen LogP contribution in [-0.4, -0.2) is 6.54 Å². The maximum absolute atomic E-state index is 3.94. The van der Waals surface area contributed by atoms with Gasteiger partial charge in [0.1, 0.15) is 0 Å². The van der Waals surface area contributed by atoms with Gasteiger partial charge in [-0.15, -0.1) is 0 Å². The molecule has 0 aromatic heterocycles. The molecule has 98 valence electrons. The quantitative estimate of drug-likeness (QED) is 0.832. The van der Waals surface area contributed by atoms with Gasteiger partial charge in [0.25, 0.3) is 0 Å². The molecule has 3 atom stereocenters. The summed E-state index contributed by atoms with van der Waals surface area (Å²) in [6, 6.07) is 9.14. The molecule has 0 radical (unpaired) electrons. The third kappa shape index (κ3) is 2.51. The molecule has 1 nitrogen and oxygen atoms in total. The van der Waals surface area contributed by atoms with Crippen molar-refractivity contribution in [3.05, 3.63) is 42.0 Å². The summed E-state index contributed by atoms with van der Waals surface area (Å²) in [7, 11) is 0. The van der Waals surface area contributed by atoms with Crippen molar-refractivity contribution in [2.75, 3.05) is 6.54 Å². The van der Waals surface area contributed by atoms with Crippen LogP contribution in [-0.2, 0) is 0 Å². The van der Waals surface area contributed by atoms with E-state index in [1.807, 2.05) is 6.08 Å². The standard InChI is InChI=1S/C17H25N/c1-5-14-8-6-7-9-16(14)17-15(10-11-18-17)13(4)12(2)3/h5-9,12-13,15,17-18H,1,10-11H2,2-4H3/t13-,15+,17+/m1/s1. The summed E-state index contributed by atoms with van der Waals surface area (Å²) in [6.45, 7) is 12.1. The minimum Gasteiger partial charge on any atom is -0.310 e. The van der Waals surface area contributed by atoms with Crippen molar-refractivity contribution in [1.29, 1.82) is 0 Å². The van der Waals surface area contributed by atoms with Crippen LogP contribution >= 0.6 is 0 Å². The van der Waals surface area contributed by atoms with E-state index in [1.54, 1.807) is 0 Å². The molecule has 2 rings (SSSR count). The summed E-state index contributed by atoms with van der Waals surface area (Å²) in [5.41, 5.74) is 2.69. The lowest BCUT2D eigenvalue weighted by Crippen LogP contribution is -2.25. The first-order valence-corrected chi connectivity index (χ1v) is 7.10. The fourth-order valence-corrected chi connectivity index (χ4v) is 3.10. The van der Waals surface area contributed by atoms with Crippen LogP contribution in [0.2, 0.25) is 0 Å². The van der Waals surface area contributed by atoms with E-state index in [-0.39, 0.29) is 0 Å². The smallest absolute Gasteiger partial charge is 0.0357 e. The molecule has 1 heteroatoms. The van der Waals surface area contributed by atoms with Gasteiger partial charge in [-0.2, -0.15) is 0 Å². The highest BCUT2D eigenvalue weighted by atomic mass is 15.0. The molecule has 1 saturated heterocycles. The molecule has 0 aliphatic carbocycles. The summed E-state index contributed by atoms with van der Waals surface area (Å²) in [6.07, 6.45) is 3.27. The Bertz CT molecular complexity index is 408. The topological polar surface area (TPSA) is 12.0 Å². The van der Waals surface area contributed by atoms with Crippen LogP contribution in [0, 0.1) is 17.8 Å². The number of nitrogens with one attached hydrogen (secondary N) is 1. The summed E-state index contributed by atoms with van der Waals surface area (Å²) >= 11 is 0. The second-order valence-electron chi connectivity index (χ2n) is 5.82. The zero-order chi connectivity index (χ0) is 13.1. The molecule has 0 unspecified atom stereocenters. The lowest BCUT2D eigenvalue weighted by molar-refractivity contribution is 0.254. The van der Waals surface area contributed by atoms with Gasteiger partial charge in [0.15, 0.2) is 0 Å². The number of rotatable bonds is 4. The van der Waals surface area contributed by atoms with E-state index >= 15 is 0 Å². The molecule has 0 saturated carbocycles. The van der Waals surface area contributed by atoms with E-state index in [0.717, 1.165) is 24.3 Å². The zero-order valence-corrected chi connectivity index (χ0v) is 11.8. The highest BCUT2D eigenvalue weighted by Gasteiger charge is 2.34. The number of hydrogen-bond acceptors (Lipinski definition) is 1. The summed E-state index contributed by atoms with van der Waals surface area (Å²) in [5, 5.41) is 3.69. The summed E-state index contributed by atoms with van der Waals surface area (Å²) < 4.78 is 0. The molecule has 1 aromatic rings. The van der Waals surface area contributed by atoms with Gasteiger partial charge in [-0.1, -0.05) is 57.7 Å². The molecular weight excluding hydrogens is 218 g/mol. The van der Waals surface area contributed by atoms with Crippen molar-refractivity contribution in [3.63, 3.8) is 0 Å². The molecule has 18 heavy (non-hydrogen) atoms. The monoisotopic (exact) mass is 243 g/mol. The average molecular weight is 243 g/mol. The van der Waals surface area contributed by atoms with Gasteiger partial charge in [0.2, 0.25) is 0 Å². The molecule has 0 bridgehead atoms. The zero-order valence-electron chi connectivity index (χ0n) is 11.8. The van der Waals surface area contributed by atoms with Crippen molar-refractivity contribution in [3.8, 4) is 0 Å². The number of hydrogen-bond donors (Lipinski definition) is 1. The molecule has 1 N–H and O–H groups in total. The molecule has 1 aliphatic rings. The van der Waals surface area contributed by atoms with Gasteiger partial charge < -0.3 is 5.32 Å². The molecule has 1 heterocycles. The predicted octanol–water partition coefficient (Wildman–Crippen LogP) is 4.27. The van der Waals surface area contributed by atoms with Crippen molar-refractivity contribution in [1.82, 2.24) is 5.32 Å². The fourth-order valence-electron chi connectivity index (χ4n) is 3.10. The Morgan fingerprint density at radius 3 is 2.67 bits per heavy atom. The predicted molar refractivity (Wildman–Crippen MR) is 79.4 cm³/mol. The van der Waals surface area contributed by atoms with E-state index in [0.29, 0.717) is 6.04 Å². The summed E-state index contributed by atoms with van der Waals surface area (Å²) in [5.74, 6) is 2.24. The molecule has 0 spiro atoms. The lowest BCUT2D eigenvalue weighted by atomic mass is 9.78. The first-order chi connectivity index (χ1) is 8.65. The average Bonchev–Trinajstić information content (AvgIpc) is 2.86. The second-order valence-corrected chi connectivity index (χ2v) is 5.82. The van der Waals surface area contributed by atoms with Gasteiger partial charge in [-0.3, -0.25) is 0 Å². The highest BCUT2D eigenvalue weighted by Crippen LogP contribution is 2.39. The van der Waals surface area contributed by atoms with Crippen molar-refractivity contribution < 1.29 is 0 Å². The Morgan fingerprint density at radius 1 is 1.28 bits per heavy atom. The minimum atomic E-state index is 0.497. The number of benzene rings is 1. The SMILES string of the molecule is C=Cc1ccccc1[C@H]1NCC[C@H]1[C@H](C)C(C)C.